The van der Waals surface area contributed by atoms with Crippen LogP contribution in [0.2, 0.25) is 0 Å². The van der Waals surface area contributed by atoms with Gasteiger partial charge in [0.15, 0.2) is 0 Å². The second kappa shape index (κ2) is 10.0. The van der Waals surface area contributed by atoms with Crippen LogP contribution >= 0.6 is 0 Å². The molecule has 0 aliphatic carbocycles. The van der Waals surface area contributed by atoms with Gasteiger partial charge in [0.2, 0.25) is 0 Å². The summed E-state index contributed by atoms with van der Waals surface area (Å²) in [5, 5.41) is 11.1. The first kappa shape index (κ1) is 26.7. The van der Waals surface area contributed by atoms with E-state index in [2.05, 4.69) is 4.90 Å². The minimum absolute atomic E-state index is 0.120. The fourth-order valence-electron chi connectivity index (χ4n) is 6.06. The third-order valence-electron chi connectivity index (χ3n) is 7.70. The normalized spacial score (nSPS) is 26.0. The van der Waals surface area contributed by atoms with Crippen LogP contribution in [0.15, 0.2) is 78.9 Å². The molecule has 0 radical (unpaired) electrons. The van der Waals surface area contributed by atoms with E-state index in [0.29, 0.717) is 37.9 Å². The highest BCUT2D eigenvalue weighted by atomic mass is 19.4. The van der Waals surface area contributed by atoms with Crippen LogP contribution in [0.5, 0.6) is 0 Å². The molecule has 202 valence electrons. The maximum Gasteiger partial charge on any atom is 0.416 e. The molecule has 0 aromatic heterocycles. The number of benzene rings is 3. The van der Waals surface area contributed by atoms with E-state index < -0.39 is 47.8 Å². The molecule has 4 atom stereocenters. The lowest BCUT2D eigenvalue weighted by molar-refractivity contribution is -0.143. The van der Waals surface area contributed by atoms with Crippen molar-refractivity contribution in [1.82, 2.24) is 4.90 Å². The second-order valence-corrected chi connectivity index (χ2v) is 10.0. The van der Waals surface area contributed by atoms with Crippen molar-refractivity contribution in [2.45, 2.75) is 68.6 Å². The van der Waals surface area contributed by atoms with Gasteiger partial charge in [-0.15, -0.1) is 0 Å². The highest BCUT2D eigenvalue weighted by Crippen LogP contribution is 2.52. The number of fused-ring (bicyclic) bond motifs is 2. The summed E-state index contributed by atoms with van der Waals surface area (Å²) in [4.78, 5) is 2.20. The molecule has 0 amide bonds. The number of piperidine rings is 1. The first-order chi connectivity index (χ1) is 18.0. The summed E-state index contributed by atoms with van der Waals surface area (Å²) >= 11 is 0. The molecule has 0 saturated carbocycles. The minimum Gasteiger partial charge on any atom is -0.391 e. The molecule has 9 heteroatoms. The zero-order valence-electron chi connectivity index (χ0n) is 20.3. The zero-order valence-corrected chi connectivity index (χ0v) is 20.3. The molecule has 4 unspecified atom stereocenters. The number of rotatable bonds is 6. The monoisotopic (exact) mass is 535 g/mol. The summed E-state index contributed by atoms with van der Waals surface area (Å²) in [5.41, 5.74) is -1.81. The Kier molecular flexibility index (Phi) is 7.04. The SMILES string of the molecule is OC1CC2(c3ccccc3)C(OCc3cc(C(F)(F)F)cc(C(F)(F)F)c3)CCC1N2Cc1ccccc1. The molecular formula is C29H27F6NO2. The van der Waals surface area contributed by atoms with Crippen LogP contribution in [0.3, 0.4) is 0 Å². The predicted molar refractivity (Wildman–Crippen MR) is 129 cm³/mol. The van der Waals surface area contributed by atoms with Gasteiger partial charge in [-0.1, -0.05) is 60.7 Å². The van der Waals surface area contributed by atoms with Crippen molar-refractivity contribution < 1.29 is 36.2 Å². The van der Waals surface area contributed by atoms with Crippen molar-refractivity contribution in [2.75, 3.05) is 0 Å². The fraction of sp³-hybridized carbons (Fsp3) is 0.379. The Balaban J connectivity index is 1.51. The Morgan fingerprint density at radius 3 is 1.95 bits per heavy atom. The number of halogens is 6. The standard InChI is InChI=1S/C29H27F6NO2/c30-28(31,32)22-13-20(14-23(15-22)29(33,34)35)18-38-26-12-11-24-25(37)16-27(26,21-9-5-2-6-10-21)36(24)17-19-7-3-1-4-8-19/h1-10,13-15,24-26,37H,11-12,16-18H2. The average Bonchev–Trinajstić information content (AvgIpc) is 3.06. The number of hydrogen-bond donors (Lipinski definition) is 1. The van der Waals surface area contributed by atoms with E-state index in [9.17, 15) is 31.4 Å². The molecule has 2 aliphatic heterocycles. The lowest BCUT2D eigenvalue weighted by Crippen LogP contribution is -2.56. The molecule has 3 aromatic rings. The Labute approximate surface area is 216 Å². The number of nitrogens with zero attached hydrogens (tertiary/aromatic N) is 1. The maximum absolute atomic E-state index is 13.4. The number of hydrogen-bond acceptors (Lipinski definition) is 3. The predicted octanol–water partition coefficient (Wildman–Crippen LogP) is 6.93. The molecule has 2 aliphatic rings. The van der Waals surface area contributed by atoms with Gasteiger partial charge in [-0.3, -0.25) is 4.90 Å². The number of aliphatic hydroxyl groups is 1. The van der Waals surface area contributed by atoms with Crippen LogP contribution < -0.4 is 0 Å². The lowest BCUT2D eigenvalue weighted by atomic mass is 9.78. The van der Waals surface area contributed by atoms with E-state index in [1.807, 2.05) is 60.7 Å². The van der Waals surface area contributed by atoms with Crippen LogP contribution in [0.4, 0.5) is 26.3 Å². The second-order valence-electron chi connectivity index (χ2n) is 10.0. The molecule has 0 spiro atoms. The van der Waals surface area contributed by atoms with Crippen LogP contribution in [0, 0.1) is 0 Å². The summed E-state index contributed by atoms with van der Waals surface area (Å²) < 4.78 is 86.6. The van der Waals surface area contributed by atoms with Crippen molar-refractivity contribution >= 4 is 0 Å². The van der Waals surface area contributed by atoms with Gasteiger partial charge in [-0.25, -0.2) is 0 Å². The molecule has 3 nitrogen and oxygen atoms in total. The molecule has 5 rings (SSSR count). The molecule has 2 bridgehead atoms. The smallest absolute Gasteiger partial charge is 0.391 e. The van der Waals surface area contributed by atoms with E-state index in [4.69, 9.17) is 4.74 Å². The third-order valence-corrected chi connectivity index (χ3v) is 7.70. The topological polar surface area (TPSA) is 32.7 Å². The summed E-state index contributed by atoms with van der Waals surface area (Å²) in [7, 11) is 0. The summed E-state index contributed by atoms with van der Waals surface area (Å²) in [6, 6.07) is 20.6. The van der Waals surface area contributed by atoms with E-state index in [1.54, 1.807) is 0 Å². The molecule has 1 N–H and O–H groups in total. The fourth-order valence-corrected chi connectivity index (χ4v) is 6.06. The van der Waals surface area contributed by atoms with Gasteiger partial charge in [0.1, 0.15) is 0 Å². The van der Waals surface area contributed by atoms with Gasteiger partial charge in [-0.2, -0.15) is 26.3 Å². The first-order valence-electron chi connectivity index (χ1n) is 12.4. The Hall–Kier alpha value is -2.88. The van der Waals surface area contributed by atoms with Gasteiger partial charge < -0.3 is 9.84 Å². The average molecular weight is 536 g/mol. The number of ether oxygens (including phenoxy) is 1. The molecule has 2 fully saturated rings. The van der Waals surface area contributed by atoms with Gasteiger partial charge in [-0.05, 0) is 54.2 Å². The Morgan fingerprint density at radius 2 is 1.37 bits per heavy atom. The minimum atomic E-state index is -4.93. The van der Waals surface area contributed by atoms with E-state index in [1.165, 1.54) is 0 Å². The number of aliphatic hydroxyl groups excluding tert-OH is 1. The Bertz CT molecular complexity index is 1220. The largest absolute Gasteiger partial charge is 0.416 e. The zero-order chi connectivity index (χ0) is 27.1. The summed E-state index contributed by atoms with van der Waals surface area (Å²) in [5.74, 6) is 0. The van der Waals surface area contributed by atoms with E-state index in [-0.39, 0.29) is 17.7 Å². The molecule has 38 heavy (non-hydrogen) atoms. The third kappa shape index (κ3) is 5.07. The van der Waals surface area contributed by atoms with Crippen molar-refractivity contribution in [3.63, 3.8) is 0 Å². The van der Waals surface area contributed by atoms with Crippen LogP contribution in [-0.4, -0.2) is 28.3 Å². The van der Waals surface area contributed by atoms with E-state index >= 15 is 0 Å². The van der Waals surface area contributed by atoms with Crippen molar-refractivity contribution in [3.8, 4) is 0 Å². The molecule has 2 heterocycles. The molecular weight excluding hydrogens is 508 g/mol. The molecule has 2 saturated heterocycles. The molecule has 3 aromatic carbocycles. The highest BCUT2D eigenvalue weighted by molar-refractivity contribution is 5.35. The van der Waals surface area contributed by atoms with Gasteiger partial charge >= 0.3 is 12.4 Å². The Morgan fingerprint density at radius 1 is 0.789 bits per heavy atom. The van der Waals surface area contributed by atoms with Gasteiger partial charge in [0.25, 0.3) is 0 Å². The summed E-state index contributed by atoms with van der Waals surface area (Å²) in [6.07, 6.45) is -9.64. The maximum atomic E-state index is 13.4. The lowest BCUT2D eigenvalue weighted by Gasteiger charge is -2.50. The van der Waals surface area contributed by atoms with Crippen LogP contribution in [-0.2, 0) is 35.8 Å². The first-order valence-corrected chi connectivity index (χ1v) is 12.4. The van der Waals surface area contributed by atoms with Crippen LogP contribution in [0.1, 0.15) is 47.1 Å². The van der Waals surface area contributed by atoms with Gasteiger partial charge in [0.05, 0.1) is 35.5 Å². The van der Waals surface area contributed by atoms with Crippen molar-refractivity contribution in [3.05, 3.63) is 107 Å². The van der Waals surface area contributed by atoms with E-state index in [0.717, 1.165) is 11.1 Å². The highest BCUT2D eigenvalue weighted by Gasteiger charge is 2.59. The quantitative estimate of drug-likeness (QED) is 0.348. The summed E-state index contributed by atoms with van der Waals surface area (Å²) in [6.45, 7) is 0.0886. The number of alkyl halides is 6. The van der Waals surface area contributed by atoms with Crippen molar-refractivity contribution in [2.24, 2.45) is 0 Å². The van der Waals surface area contributed by atoms with Crippen molar-refractivity contribution in [1.29, 1.82) is 0 Å². The van der Waals surface area contributed by atoms with Gasteiger partial charge in [0, 0.05) is 12.6 Å². The van der Waals surface area contributed by atoms with Crippen LogP contribution in [0.25, 0.3) is 0 Å².